The van der Waals surface area contributed by atoms with Crippen molar-refractivity contribution in [2.45, 2.75) is 39.0 Å². The van der Waals surface area contributed by atoms with E-state index < -0.39 is 0 Å². The van der Waals surface area contributed by atoms with Crippen molar-refractivity contribution in [1.82, 2.24) is 0 Å². The second-order valence-electron chi connectivity index (χ2n) is 5.71. The molecule has 4 heteroatoms. The molecule has 4 nitrogen and oxygen atoms in total. The van der Waals surface area contributed by atoms with E-state index in [-0.39, 0.29) is 0 Å². The molecule has 0 atom stereocenters. The lowest BCUT2D eigenvalue weighted by atomic mass is 9.83. The minimum atomic E-state index is 0.430. The SMILES string of the molecule is CCC1(CNc2cc(OC)c(OC)cc2N)CCCC1. The molecule has 0 bridgehead atoms. The summed E-state index contributed by atoms with van der Waals surface area (Å²) in [6.07, 6.45) is 6.52. The Balaban J connectivity index is 2.13. The summed E-state index contributed by atoms with van der Waals surface area (Å²) >= 11 is 0. The van der Waals surface area contributed by atoms with Crippen LogP contribution in [0.1, 0.15) is 39.0 Å². The highest BCUT2D eigenvalue weighted by atomic mass is 16.5. The van der Waals surface area contributed by atoms with E-state index in [4.69, 9.17) is 15.2 Å². The minimum absolute atomic E-state index is 0.430. The number of hydrogen-bond acceptors (Lipinski definition) is 4. The number of methoxy groups -OCH3 is 2. The van der Waals surface area contributed by atoms with Crippen LogP contribution in [-0.2, 0) is 0 Å². The normalized spacial score (nSPS) is 16.9. The number of nitrogen functional groups attached to an aromatic ring is 1. The Hall–Kier alpha value is -1.58. The zero-order valence-corrected chi connectivity index (χ0v) is 12.8. The topological polar surface area (TPSA) is 56.5 Å². The van der Waals surface area contributed by atoms with E-state index >= 15 is 0 Å². The largest absolute Gasteiger partial charge is 0.493 e. The molecule has 0 aliphatic heterocycles. The van der Waals surface area contributed by atoms with Crippen LogP contribution < -0.4 is 20.5 Å². The molecule has 1 fully saturated rings. The fourth-order valence-electron chi connectivity index (χ4n) is 3.11. The van der Waals surface area contributed by atoms with Gasteiger partial charge in [-0.3, -0.25) is 0 Å². The Morgan fingerprint density at radius 2 is 1.75 bits per heavy atom. The molecular weight excluding hydrogens is 252 g/mol. The summed E-state index contributed by atoms with van der Waals surface area (Å²) in [5, 5.41) is 3.51. The maximum Gasteiger partial charge on any atom is 0.162 e. The molecule has 0 saturated heterocycles. The first-order valence-corrected chi connectivity index (χ1v) is 7.39. The predicted octanol–water partition coefficient (Wildman–Crippen LogP) is 3.67. The van der Waals surface area contributed by atoms with E-state index in [0.29, 0.717) is 22.6 Å². The standard InChI is InChI=1S/C16H26N2O2/c1-4-16(7-5-6-8-16)11-18-13-10-15(20-3)14(19-2)9-12(13)17/h9-10,18H,4-8,11,17H2,1-3H3. The van der Waals surface area contributed by atoms with Crippen molar-refractivity contribution < 1.29 is 9.47 Å². The molecule has 1 aromatic carbocycles. The molecular formula is C16H26N2O2. The molecule has 0 unspecified atom stereocenters. The first-order chi connectivity index (χ1) is 9.64. The summed E-state index contributed by atoms with van der Waals surface area (Å²) in [5.41, 5.74) is 8.16. The Morgan fingerprint density at radius 1 is 1.15 bits per heavy atom. The Kier molecular flexibility index (Phi) is 4.63. The number of nitrogens with one attached hydrogen (secondary N) is 1. The van der Waals surface area contributed by atoms with E-state index in [1.54, 1.807) is 14.2 Å². The third-order valence-corrected chi connectivity index (χ3v) is 4.62. The highest BCUT2D eigenvalue weighted by molar-refractivity contribution is 5.72. The molecule has 2 rings (SSSR count). The van der Waals surface area contributed by atoms with Gasteiger partial charge in [0.1, 0.15) is 0 Å². The summed E-state index contributed by atoms with van der Waals surface area (Å²) in [7, 11) is 3.26. The van der Waals surface area contributed by atoms with Crippen LogP contribution in [0, 0.1) is 5.41 Å². The highest BCUT2D eigenvalue weighted by Crippen LogP contribution is 2.42. The average molecular weight is 278 g/mol. The van der Waals surface area contributed by atoms with Crippen LogP contribution in [0.4, 0.5) is 11.4 Å². The van der Waals surface area contributed by atoms with Crippen LogP contribution in [0.5, 0.6) is 11.5 Å². The Morgan fingerprint density at radius 3 is 2.30 bits per heavy atom. The van der Waals surface area contributed by atoms with Gasteiger partial charge in [-0.1, -0.05) is 19.8 Å². The zero-order chi connectivity index (χ0) is 14.6. The summed E-state index contributed by atoms with van der Waals surface area (Å²) in [4.78, 5) is 0. The van der Waals surface area contributed by atoms with Gasteiger partial charge in [-0.05, 0) is 24.7 Å². The lowest BCUT2D eigenvalue weighted by Crippen LogP contribution is -2.26. The number of anilines is 2. The van der Waals surface area contributed by atoms with Crippen molar-refractivity contribution in [3.8, 4) is 11.5 Å². The fourth-order valence-corrected chi connectivity index (χ4v) is 3.11. The van der Waals surface area contributed by atoms with E-state index in [1.807, 2.05) is 12.1 Å². The summed E-state index contributed by atoms with van der Waals surface area (Å²) in [6.45, 7) is 3.26. The average Bonchev–Trinajstić information content (AvgIpc) is 2.95. The molecule has 0 aromatic heterocycles. The molecule has 20 heavy (non-hydrogen) atoms. The Labute approximate surface area is 121 Å². The second kappa shape index (κ2) is 6.25. The van der Waals surface area contributed by atoms with Crippen LogP contribution >= 0.6 is 0 Å². The maximum absolute atomic E-state index is 6.09. The lowest BCUT2D eigenvalue weighted by molar-refractivity contribution is 0.306. The monoisotopic (exact) mass is 278 g/mol. The molecule has 0 amide bonds. The van der Waals surface area contributed by atoms with Gasteiger partial charge in [0.2, 0.25) is 0 Å². The Bertz CT molecular complexity index is 454. The van der Waals surface area contributed by atoms with Crippen molar-refractivity contribution in [2.24, 2.45) is 5.41 Å². The summed E-state index contributed by atoms with van der Waals surface area (Å²) < 4.78 is 10.6. The highest BCUT2D eigenvalue weighted by Gasteiger charge is 2.31. The van der Waals surface area contributed by atoms with Crippen LogP contribution in [0.15, 0.2) is 12.1 Å². The van der Waals surface area contributed by atoms with Crippen molar-refractivity contribution in [3.05, 3.63) is 12.1 Å². The minimum Gasteiger partial charge on any atom is -0.493 e. The molecule has 1 saturated carbocycles. The van der Waals surface area contributed by atoms with Gasteiger partial charge in [0, 0.05) is 18.7 Å². The third-order valence-electron chi connectivity index (χ3n) is 4.62. The third kappa shape index (κ3) is 2.94. The van der Waals surface area contributed by atoms with Crippen molar-refractivity contribution in [3.63, 3.8) is 0 Å². The first-order valence-electron chi connectivity index (χ1n) is 7.39. The number of nitrogens with two attached hydrogens (primary N) is 1. The number of rotatable bonds is 6. The van der Waals surface area contributed by atoms with E-state index in [1.165, 1.54) is 32.1 Å². The summed E-state index contributed by atoms with van der Waals surface area (Å²) in [5.74, 6) is 1.38. The molecule has 0 spiro atoms. The van der Waals surface area contributed by atoms with Crippen LogP contribution in [0.25, 0.3) is 0 Å². The van der Waals surface area contributed by atoms with Crippen LogP contribution in [-0.4, -0.2) is 20.8 Å². The molecule has 1 aliphatic carbocycles. The molecule has 1 aliphatic rings. The van der Waals surface area contributed by atoms with Crippen molar-refractivity contribution in [2.75, 3.05) is 31.8 Å². The van der Waals surface area contributed by atoms with Gasteiger partial charge in [-0.15, -0.1) is 0 Å². The quantitative estimate of drug-likeness (QED) is 0.780. The van der Waals surface area contributed by atoms with Crippen LogP contribution in [0.2, 0.25) is 0 Å². The second-order valence-corrected chi connectivity index (χ2v) is 5.71. The smallest absolute Gasteiger partial charge is 0.162 e. The number of hydrogen-bond donors (Lipinski definition) is 2. The van der Waals surface area contributed by atoms with Crippen molar-refractivity contribution >= 4 is 11.4 Å². The molecule has 0 radical (unpaired) electrons. The van der Waals surface area contributed by atoms with Crippen LogP contribution in [0.3, 0.4) is 0 Å². The van der Waals surface area contributed by atoms with E-state index in [0.717, 1.165) is 12.2 Å². The molecule has 3 N–H and O–H groups in total. The number of ether oxygens (including phenoxy) is 2. The van der Waals surface area contributed by atoms with Gasteiger partial charge >= 0.3 is 0 Å². The van der Waals surface area contributed by atoms with Crippen molar-refractivity contribution in [1.29, 1.82) is 0 Å². The first kappa shape index (κ1) is 14.8. The number of benzene rings is 1. The molecule has 112 valence electrons. The predicted molar refractivity (Wildman–Crippen MR) is 83.6 cm³/mol. The van der Waals surface area contributed by atoms with Gasteiger partial charge in [0.05, 0.1) is 25.6 Å². The maximum atomic E-state index is 6.09. The van der Waals surface area contributed by atoms with Gasteiger partial charge in [0.25, 0.3) is 0 Å². The van der Waals surface area contributed by atoms with E-state index in [2.05, 4.69) is 12.2 Å². The van der Waals surface area contributed by atoms with Gasteiger partial charge in [0.15, 0.2) is 11.5 Å². The zero-order valence-electron chi connectivity index (χ0n) is 12.8. The fraction of sp³-hybridized carbons (Fsp3) is 0.625. The van der Waals surface area contributed by atoms with Gasteiger partial charge < -0.3 is 20.5 Å². The summed E-state index contributed by atoms with van der Waals surface area (Å²) in [6, 6.07) is 3.74. The van der Waals surface area contributed by atoms with E-state index in [9.17, 15) is 0 Å². The lowest BCUT2D eigenvalue weighted by Gasteiger charge is -2.28. The molecule has 0 heterocycles. The van der Waals surface area contributed by atoms with Gasteiger partial charge in [-0.25, -0.2) is 0 Å². The molecule has 1 aromatic rings. The van der Waals surface area contributed by atoms with Gasteiger partial charge in [-0.2, -0.15) is 0 Å².